The van der Waals surface area contributed by atoms with Crippen molar-refractivity contribution in [3.8, 4) is 5.75 Å². The Labute approximate surface area is 130 Å². The maximum atomic E-state index is 11.1. The Hall–Kier alpha value is -3.39. The number of fused-ring (bicyclic) bond motifs is 1. The summed E-state index contributed by atoms with van der Waals surface area (Å²) in [6.45, 7) is 0. The van der Waals surface area contributed by atoms with Gasteiger partial charge in [-0.3, -0.25) is 5.21 Å². The van der Waals surface area contributed by atoms with Crippen LogP contribution in [0.15, 0.2) is 42.5 Å². The molecule has 0 amide bonds. The Balaban J connectivity index is 2.04. The minimum Gasteiger partial charge on any atom is -0.507 e. The van der Waals surface area contributed by atoms with Crippen LogP contribution in [0.3, 0.4) is 0 Å². The standard InChI is InChI=1S/C15H12N4O4/c20-12-6-5-8(7-9(12)15(21)22)16-13-14(19-23)18-11-4-2-1-3-10(11)17-13/h1-7,20,23H,(H,16,17)(H,18,19)(H,21,22). The highest BCUT2D eigenvalue weighted by Gasteiger charge is 2.13. The topological polar surface area (TPSA) is 128 Å². The zero-order valence-corrected chi connectivity index (χ0v) is 11.7. The highest BCUT2D eigenvalue weighted by molar-refractivity contribution is 5.92. The smallest absolute Gasteiger partial charge is 0.339 e. The largest absolute Gasteiger partial charge is 0.507 e. The van der Waals surface area contributed by atoms with E-state index in [1.165, 1.54) is 18.2 Å². The molecule has 2 aromatic carbocycles. The lowest BCUT2D eigenvalue weighted by Crippen LogP contribution is -2.04. The van der Waals surface area contributed by atoms with Crippen molar-refractivity contribution in [2.45, 2.75) is 0 Å². The van der Waals surface area contributed by atoms with Crippen molar-refractivity contribution in [1.29, 1.82) is 0 Å². The van der Waals surface area contributed by atoms with Crippen LogP contribution in [0.25, 0.3) is 11.0 Å². The number of anilines is 3. The average Bonchev–Trinajstić information content (AvgIpc) is 2.55. The van der Waals surface area contributed by atoms with Crippen molar-refractivity contribution in [3.05, 3.63) is 48.0 Å². The minimum absolute atomic E-state index is 0.0913. The number of carboxylic acid groups (broad SMARTS) is 1. The Bertz CT molecular complexity index is 898. The van der Waals surface area contributed by atoms with Gasteiger partial charge >= 0.3 is 5.97 Å². The van der Waals surface area contributed by atoms with E-state index in [9.17, 15) is 15.1 Å². The van der Waals surface area contributed by atoms with Crippen LogP contribution in [-0.4, -0.2) is 31.4 Å². The van der Waals surface area contributed by atoms with Crippen LogP contribution >= 0.6 is 0 Å². The van der Waals surface area contributed by atoms with Crippen LogP contribution < -0.4 is 10.8 Å². The van der Waals surface area contributed by atoms with Gasteiger partial charge in [0.15, 0.2) is 11.6 Å². The lowest BCUT2D eigenvalue weighted by Gasteiger charge is -2.11. The quantitative estimate of drug-likeness (QED) is 0.367. The van der Waals surface area contributed by atoms with Crippen molar-refractivity contribution in [2.75, 3.05) is 10.8 Å². The molecule has 0 unspecified atom stereocenters. The van der Waals surface area contributed by atoms with Gasteiger partial charge in [0.1, 0.15) is 11.3 Å². The van der Waals surface area contributed by atoms with E-state index < -0.39 is 5.97 Å². The number of para-hydroxylation sites is 2. The zero-order valence-electron chi connectivity index (χ0n) is 11.7. The fourth-order valence-corrected chi connectivity index (χ4v) is 2.09. The summed E-state index contributed by atoms with van der Waals surface area (Å²) in [5, 5.41) is 30.6. The number of aromatic nitrogens is 2. The van der Waals surface area contributed by atoms with E-state index in [1.54, 1.807) is 24.3 Å². The highest BCUT2D eigenvalue weighted by atomic mass is 16.5. The Kier molecular flexibility index (Phi) is 3.65. The summed E-state index contributed by atoms with van der Waals surface area (Å²) in [7, 11) is 0. The van der Waals surface area contributed by atoms with Crippen molar-refractivity contribution in [1.82, 2.24) is 9.97 Å². The molecule has 0 spiro atoms. The molecule has 0 fully saturated rings. The van der Waals surface area contributed by atoms with Crippen LogP contribution in [0.4, 0.5) is 17.3 Å². The van der Waals surface area contributed by atoms with E-state index in [1.807, 2.05) is 5.48 Å². The summed E-state index contributed by atoms with van der Waals surface area (Å²) >= 11 is 0. The van der Waals surface area contributed by atoms with Gasteiger partial charge in [-0.15, -0.1) is 0 Å². The normalized spacial score (nSPS) is 10.5. The van der Waals surface area contributed by atoms with Gasteiger partial charge in [0.2, 0.25) is 0 Å². The second-order valence-electron chi connectivity index (χ2n) is 4.68. The zero-order chi connectivity index (χ0) is 16.4. The third-order valence-electron chi connectivity index (χ3n) is 3.17. The number of aromatic hydroxyl groups is 1. The fourth-order valence-electron chi connectivity index (χ4n) is 2.09. The fraction of sp³-hybridized carbons (Fsp3) is 0. The van der Waals surface area contributed by atoms with Crippen LogP contribution in [-0.2, 0) is 0 Å². The molecule has 0 bridgehead atoms. The number of phenols is 1. The van der Waals surface area contributed by atoms with E-state index >= 15 is 0 Å². The van der Waals surface area contributed by atoms with E-state index in [-0.39, 0.29) is 22.9 Å². The molecule has 0 saturated heterocycles. The molecule has 0 aliphatic heterocycles. The highest BCUT2D eigenvalue weighted by Crippen LogP contribution is 2.27. The molecular formula is C15H12N4O4. The number of hydrogen-bond acceptors (Lipinski definition) is 7. The van der Waals surface area contributed by atoms with Gasteiger partial charge in [-0.1, -0.05) is 12.1 Å². The van der Waals surface area contributed by atoms with Gasteiger partial charge in [-0.2, -0.15) is 0 Å². The molecule has 0 aliphatic carbocycles. The second kappa shape index (κ2) is 5.78. The molecule has 23 heavy (non-hydrogen) atoms. The maximum Gasteiger partial charge on any atom is 0.339 e. The van der Waals surface area contributed by atoms with E-state index in [2.05, 4.69) is 15.3 Å². The van der Waals surface area contributed by atoms with Crippen LogP contribution in [0.5, 0.6) is 5.75 Å². The monoisotopic (exact) mass is 312 g/mol. The van der Waals surface area contributed by atoms with Crippen molar-refractivity contribution >= 4 is 34.3 Å². The third-order valence-corrected chi connectivity index (χ3v) is 3.17. The molecule has 0 saturated carbocycles. The van der Waals surface area contributed by atoms with Crippen LogP contribution in [0.2, 0.25) is 0 Å². The molecular weight excluding hydrogens is 300 g/mol. The number of nitrogens with one attached hydrogen (secondary N) is 2. The Morgan fingerprint density at radius 2 is 1.65 bits per heavy atom. The molecule has 116 valence electrons. The molecule has 8 nitrogen and oxygen atoms in total. The summed E-state index contributed by atoms with van der Waals surface area (Å²) in [4.78, 5) is 19.6. The average molecular weight is 312 g/mol. The number of benzene rings is 2. The number of hydrogen-bond donors (Lipinski definition) is 5. The maximum absolute atomic E-state index is 11.1. The molecule has 3 rings (SSSR count). The predicted octanol–water partition coefficient (Wildman–Crippen LogP) is 2.58. The summed E-state index contributed by atoms with van der Waals surface area (Å²) < 4.78 is 0. The van der Waals surface area contributed by atoms with Gasteiger partial charge in [-0.25, -0.2) is 20.2 Å². The van der Waals surface area contributed by atoms with Gasteiger partial charge in [-0.05, 0) is 30.3 Å². The third kappa shape index (κ3) is 2.83. The molecule has 0 aliphatic rings. The van der Waals surface area contributed by atoms with E-state index in [4.69, 9.17) is 5.11 Å². The predicted molar refractivity (Wildman–Crippen MR) is 83.3 cm³/mol. The van der Waals surface area contributed by atoms with Crippen LogP contribution in [0, 0.1) is 0 Å². The molecule has 3 aromatic rings. The molecule has 5 N–H and O–H groups in total. The van der Waals surface area contributed by atoms with Crippen LogP contribution in [0.1, 0.15) is 10.4 Å². The SMILES string of the molecule is O=C(O)c1cc(Nc2nc3ccccc3nc2NO)ccc1O. The Morgan fingerprint density at radius 3 is 2.26 bits per heavy atom. The van der Waals surface area contributed by atoms with Gasteiger partial charge in [0, 0.05) is 5.69 Å². The molecule has 1 aromatic heterocycles. The first-order valence-corrected chi connectivity index (χ1v) is 6.58. The number of nitrogens with zero attached hydrogens (tertiary/aromatic N) is 2. The van der Waals surface area contributed by atoms with E-state index in [0.717, 1.165) is 0 Å². The molecule has 0 radical (unpaired) electrons. The summed E-state index contributed by atoms with van der Waals surface area (Å²) in [5.74, 6) is -1.29. The first-order chi connectivity index (χ1) is 11.1. The molecule has 1 heterocycles. The molecule has 0 atom stereocenters. The first-order valence-electron chi connectivity index (χ1n) is 6.58. The lowest BCUT2D eigenvalue weighted by molar-refractivity contribution is 0.0694. The first kappa shape index (κ1) is 14.5. The van der Waals surface area contributed by atoms with Crippen molar-refractivity contribution in [2.24, 2.45) is 0 Å². The van der Waals surface area contributed by atoms with Crippen molar-refractivity contribution in [3.63, 3.8) is 0 Å². The number of aromatic carboxylic acids is 1. The summed E-state index contributed by atoms with van der Waals surface area (Å²) in [6, 6.07) is 11.1. The summed E-state index contributed by atoms with van der Waals surface area (Å²) in [5.41, 5.74) is 3.28. The number of carboxylic acids is 1. The van der Waals surface area contributed by atoms with Gasteiger partial charge < -0.3 is 15.5 Å². The lowest BCUT2D eigenvalue weighted by atomic mass is 10.2. The number of carbonyl (C=O) groups is 1. The van der Waals surface area contributed by atoms with Gasteiger partial charge in [0.05, 0.1) is 11.0 Å². The Morgan fingerprint density at radius 1 is 1.00 bits per heavy atom. The number of rotatable bonds is 4. The molecule has 8 heteroatoms. The minimum atomic E-state index is -1.25. The second-order valence-corrected chi connectivity index (χ2v) is 4.68. The van der Waals surface area contributed by atoms with Crippen molar-refractivity contribution < 1.29 is 20.2 Å². The van der Waals surface area contributed by atoms with Gasteiger partial charge in [0.25, 0.3) is 0 Å². The van der Waals surface area contributed by atoms with E-state index in [0.29, 0.717) is 16.7 Å². The summed E-state index contributed by atoms with van der Waals surface area (Å²) in [6.07, 6.45) is 0.